The maximum Gasteiger partial charge on any atom is 0.0683 e. The van der Waals surface area contributed by atoms with Gasteiger partial charge in [0.15, 0.2) is 0 Å². The van der Waals surface area contributed by atoms with Crippen LogP contribution in [0, 0.1) is 16.7 Å². The average Bonchev–Trinajstić information content (AvgIpc) is 2.38. The molecule has 1 aliphatic rings. The van der Waals surface area contributed by atoms with Gasteiger partial charge in [0.1, 0.15) is 0 Å². The topological polar surface area (TPSA) is 30.3 Å². The van der Waals surface area contributed by atoms with Gasteiger partial charge in [0.25, 0.3) is 0 Å². The molecular formula is C15H29N3. The van der Waals surface area contributed by atoms with Crippen LogP contribution >= 0.6 is 0 Å². The molecular weight excluding hydrogens is 222 g/mol. The SMILES string of the molecule is CCC(C)N1CCN(CCCC(C)(C)C#N)CC1. The van der Waals surface area contributed by atoms with E-state index in [4.69, 9.17) is 5.26 Å². The second kappa shape index (κ2) is 7.11. The summed E-state index contributed by atoms with van der Waals surface area (Å²) in [6, 6.07) is 3.11. The van der Waals surface area contributed by atoms with Gasteiger partial charge in [-0.05, 0) is 46.6 Å². The third-order valence-electron chi connectivity index (χ3n) is 4.20. The van der Waals surface area contributed by atoms with Crippen LogP contribution in [0.3, 0.4) is 0 Å². The van der Waals surface area contributed by atoms with E-state index >= 15 is 0 Å². The summed E-state index contributed by atoms with van der Waals surface area (Å²) in [5.74, 6) is 0. The van der Waals surface area contributed by atoms with E-state index < -0.39 is 0 Å². The van der Waals surface area contributed by atoms with E-state index in [9.17, 15) is 0 Å². The highest BCUT2D eigenvalue weighted by Crippen LogP contribution is 2.21. The van der Waals surface area contributed by atoms with Crippen LogP contribution in [-0.2, 0) is 0 Å². The van der Waals surface area contributed by atoms with Gasteiger partial charge in [0, 0.05) is 32.2 Å². The fourth-order valence-electron chi connectivity index (χ4n) is 2.49. The van der Waals surface area contributed by atoms with Gasteiger partial charge in [-0.25, -0.2) is 0 Å². The number of hydrogen-bond acceptors (Lipinski definition) is 3. The predicted octanol–water partition coefficient (Wildman–Crippen LogP) is 2.73. The number of piperazine rings is 1. The van der Waals surface area contributed by atoms with Crippen molar-refractivity contribution in [3.8, 4) is 6.07 Å². The zero-order valence-electron chi connectivity index (χ0n) is 12.6. The zero-order valence-corrected chi connectivity index (χ0v) is 12.6. The summed E-state index contributed by atoms with van der Waals surface area (Å²) in [4.78, 5) is 5.14. The molecule has 1 saturated heterocycles. The van der Waals surface area contributed by atoms with Crippen LogP contribution in [0.5, 0.6) is 0 Å². The van der Waals surface area contributed by atoms with E-state index in [0.717, 1.165) is 25.4 Å². The van der Waals surface area contributed by atoms with Gasteiger partial charge in [0.05, 0.1) is 11.5 Å². The summed E-state index contributed by atoms with van der Waals surface area (Å²) in [5, 5.41) is 8.98. The Labute approximate surface area is 113 Å². The molecule has 1 rings (SSSR count). The zero-order chi connectivity index (χ0) is 13.6. The number of rotatable bonds is 6. The van der Waals surface area contributed by atoms with Crippen LogP contribution < -0.4 is 0 Å². The van der Waals surface area contributed by atoms with Crippen LogP contribution in [0.2, 0.25) is 0 Å². The minimum absolute atomic E-state index is 0.154. The lowest BCUT2D eigenvalue weighted by Gasteiger charge is -2.38. The Morgan fingerprint density at radius 3 is 2.33 bits per heavy atom. The lowest BCUT2D eigenvalue weighted by molar-refractivity contribution is 0.0982. The molecule has 1 unspecified atom stereocenters. The molecule has 0 aromatic heterocycles. The molecule has 0 amide bonds. The van der Waals surface area contributed by atoms with E-state index in [-0.39, 0.29) is 5.41 Å². The standard InChI is InChI=1S/C15H29N3/c1-5-14(2)18-11-9-17(10-12-18)8-6-7-15(3,4)13-16/h14H,5-12H2,1-4H3. The monoisotopic (exact) mass is 251 g/mol. The van der Waals surface area contributed by atoms with Gasteiger partial charge in [-0.1, -0.05) is 6.92 Å². The number of nitrogens with zero attached hydrogens (tertiary/aromatic N) is 3. The molecule has 0 bridgehead atoms. The smallest absolute Gasteiger partial charge is 0.0683 e. The minimum Gasteiger partial charge on any atom is -0.301 e. The quantitative estimate of drug-likeness (QED) is 0.727. The largest absolute Gasteiger partial charge is 0.301 e. The molecule has 1 fully saturated rings. The normalized spacial score (nSPS) is 20.6. The van der Waals surface area contributed by atoms with Crippen molar-refractivity contribution in [2.24, 2.45) is 5.41 Å². The van der Waals surface area contributed by atoms with Crippen molar-refractivity contribution < 1.29 is 0 Å². The lowest BCUT2D eigenvalue weighted by atomic mass is 9.90. The second-order valence-corrected chi connectivity index (χ2v) is 6.23. The molecule has 1 atom stereocenters. The Morgan fingerprint density at radius 2 is 1.83 bits per heavy atom. The molecule has 104 valence electrons. The highest BCUT2D eigenvalue weighted by Gasteiger charge is 2.21. The van der Waals surface area contributed by atoms with Crippen LogP contribution in [0.4, 0.5) is 0 Å². The Bertz CT molecular complexity index is 272. The minimum atomic E-state index is -0.154. The molecule has 0 N–H and O–H groups in total. The van der Waals surface area contributed by atoms with Crippen LogP contribution in [0.25, 0.3) is 0 Å². The summed E-state index contributed by atoms with van der Waals surface area (Å²) in [7, 11) is 0. The van der Waals surface area contributed by atoms with Crippen molar-refractivity contribution in [1.29, 1.82) is 5.26 Å². The molecule has 18 heavy (non-hydrogen) atoms. The first kappa shape index (κ1) is 15.5. The average molecular weight is 251 g/mol. The van der Waals surface area contributed by atoms with Crippen molar-refractivity contribution >= 4 is 0 Å². The molecule has 3 nitrogen and oxygen atoms in total. The van der Waals surface area contributed by atoms with Gasteiger partial charge < -0.3 is 4.90 Å². The van der Waals surface area contributed by atoms with Crippen molar-refractivity contribution in [3.05, 3.63) is 0 Å². The molecule has 0 saturated carbocycles. The van der Waals surface area contributed by atoms with Crippen molar-refractivity contribution in [3.63, 3.8) is 0 Å². The van der Waals surface area contributed by atoms with E-state index in [0.29, 0.717) is 0 Å². The first-order chi connectivity index (χ1) is 8.48. The van der Waals surface area contributed by atoms with Crippen molar-refractivity contribution in [2.45, 2.75) is 53.0 Å². The molecule has 1 heterocycles. The molecule has 3 heteroatoms. The Kier molecular flexibility index (Phi) is 6.11. The Morgan fingerprint density at radius 1 is 1.22 bits per heavy atom. The third kappa shape index (κ3) is 4.96. The molecule has 0 aliphatic carbocycles. The van der Waals surface area contributed by atoms with Gasteiger partial charge in [-0.3, -0.25) is 4.90 Å². The van der Waals surface area contributed by atoms with Crippen molar-refractivity contribution in [1.82, 2.24) is 9.80 Å². The summed E-state index contributed by atoms with van der Waals surface area (Å²) in [6.07, 6.45) is 3.40. The third-order valence-corrected chi connectivity index (χ3v) is 4.20. The summed E-state index contributed by atoms with van der Waals surface area (Å²) < 4.78 is 0. The van der Waals surface area contributed by atoms with Crippen molar-refractivity contribution in [2.75, 3.05) is 32.7 Å². The van der Waals surface area contributed by atoms with E-state index in [1.54, 1.807) is 0 Å². The fourth-order valence-corrected chi connectivity index (χ4v) is 2.49. The highest BCUT2D eigenvalue weighted by molar-refractivity contribution is 4.91. The molecule has 0 aromatic rings. The first-order valence-electron chi connectivity index (χ1n) is 7.36. The molecule has 0 aromatic carbocycles. The highest BCUT2D eigenvalue weighted by atomic mass is 15.3. The van der Waals surface area contributed by atoms with Gasteiger partial charge in [-0.2, -0.15) is 5.26 Å². The van der Waals surface area contributed by atoms with Crippen LogP contribution in [0.15, 0.2) is 0 Å². The van der Waals surface area contributed by atoms with Gasteiger partial charge >= 0.3 is 0 Å². The van der Waals surface area contributed by atoms with E-state index in [2.05, 4.69) is 29.7 Å². The van der Waals surface area contributed by atoms with Crippen LogP contribution in [0.1, 0.15) is 47.0 Å². The second-order valence-electron chi connectivity index (χ2n) is 6.23. The maximum absolute atomic E-state index is 8.98. The van der Waals surface area contributed by atoms with E-state index in [1.165, 1.54) is 32.6 Å². The fraction of sp³-hybridized carbons (Fsp3) is 0.933. The maximum atomic E-state index is 8.98. The summed E-state index contributed by atoms with van der Waals surface area (Å²) in [5.41, 5.74) is -0.154. The number of hydrogen-bond donors (Lipinski definition) is 0. The van der Waals surface area contributed by atoms with Gasteiger partial charge in [0.2, 0.25) is 0 Å². The van der Waals surface area contributed by atoms with Crippen LogP contribution in [-0.4, -0.2) is 48.6 Å². The summed E-state index contributed by atoms with van der Waals surface area (Å²) in [6.45, 7) is 14.6. The van der Waals surface area contributed by atoms with Gasteiger partial charge in [-0.15, -0.1) is 0 Å². The molecule has 0 radical (unpaired) electrons. The Balaban J connectivity index is 2.19. The predicted molar refractivity (Wildman–Crippen MR) is 76.4 cm³/mol. The van der Waals surface area contributed by atoms with E-state index in [1.807, 2.05) is 13.8 Å². The molecule has 1 aliphatic heterocycles. The summed E-state index contributed by atoms with van der Waals surface area (Å²) >= 11 is 0. The molecule has 0 spiro atoms. The first-order valence-corrected chi connectivity index (χ1v) is 7.36. The number of nitriles is 1. The lowest BCUT2D eigenvalue weighted by Crippen LogP contribution is -2.49. The Hall–Kier alpha value is -0.590.